The second kappa shape index (κ2) is 12.5. The molecule has 0 heterocycles. The highest BCUT2D eigenvalue weighted by Crippen LogP contribution is 2.13. The summed E-state index contributed by atoms with van der Waals surface area (Å²) in [6, 6.07) is 13.5. The van der Waals surface area contributed by atoms with E-state index in [2.05, 4.69) is 20.9 Å². The fraction of sp³-hybridized carbons (Fsp3) is 0.263. The molecular formula is C19H23ClFIN4O. The fourth-order valence-corrected chi connectivity index (χ4v) is 2.38. The number of anilines is 1. The van der Waals surface area contributed by atoms with Crippen LogP contribution in [0.25, 0.3) is 0 Å². The van der Waals surface area contributed by atoms with Crippen LogP contribution in [-0.2, 0) is 11.3 Å². The molecule has 0 fully saturated rings. The molecule has 1 amide bonds. The van der Waals surface area contributed by atoms with Crippen LogP contribution in [0, 0.1) is 5.82 Å². The van der Waals surface area contributed by atoms with E-state index in [1.165, 1.54) is 6.07 Å². The van der Waals surface area contributed by atoms with Crippen molar-refractivity contribution in [3.05, 3.63) is 64.9 Å². The summed E-state index contributed by atoms with van der Waals surface area (Å²) in [4.78, 5) is 16.0. The predicted octanol–water partition coefficient (Wildman–Crippen LogP) is 4.18. The van der Waals surface area contributed by atoms with Crippen molar-refractivity contribution >= 4 is 53.1 Å². The maximum absolute atomic E-state index is 13.6. The van der Waals surface area contributed by atoms with Crippen LogP contribution in [0.15, 0.2) is 53.5 Å². The van der Waals surface area contributed by atoms with Crippen LogP contribution in [0.1, 0.15) is 18.4 Å². The minimum Gasteiger partial charge on any atom is -0.356 e. The van der Waals surface area contributed by atoms with E-state index in [9.17, 15) is 9.18 Å². The van der Waals surface area contributed by atoms with E-state index in [-0.39, 0.29) is 35.7 Å². The van der Waals surface area contributed by atoms with Crippen molar-refractivity contribution in [2.75, 3.05) is 18.9 Å². The van der Waals surface area contributed by atoms with Gasteiger partial charge in [-0.3, -0.25) is 9.79 Å². The third-order valence-electron chi connectivity index (χ3n) is 3.63. The van der Waals surface area contributed by atoms with Gasteiger partial charge in [0.05, 0.1) is 0 Å². The number of carbonyl (C=O) groups is 1. The van der Waals surface area contributed by atoms with Gasteiger partial charge in [-0.2, -0.15) is 0 Å². The molecule has 0 saturated heterocycles. The van der Waals surface area contributed by atoms with Crippen molar-refractivity contribution in [3.8, 4) is 0 Å². The van der Waals surface area contributed by atoms with Gasteiger partial charge in [0.1, 0.15) is 5.82 Å². The zero-order chi connectivity index (χ0) is 18.8. The first-order chi connectivity index (χ1) is 12.6. The molecule has 0 radical (unpaired) electrons. The normalized spacial score (nSPS) is 10.7. The Bertz CT molecular complexity index is 756. The second-order valence-electron chi connectivity index (χ2n) is 5.60. The number of halogens is 3. The Kier molecular flexibility index (Phi) is 10.7. The number of hydrogen-bond acceptors (Lipinski definition) is 2. The molecule has 2 aromatic carbocycles. The quantitative estimate of drug-likeness (QED) is 0.229. The number of benzene rings is 2. The molecule has 0 aliphatic rings. The summed E-state index contributed by atoms with van der Waals surface area (Å²) < 4.78 is 13.6. The Morgan fingerprint density at radius 2 is 1.81 bits per heavy atom. The summed E-state index contributed by atoms with van der Waals surface area (Å²) in [5.41, 5.74) is 1.28. The number of aliphatic imine (C=N–C) groups is 1. The Hall–Kier alpha value is -1.87. The maximum atomic E-state index is 13.6. The summed E-state index contributed by atoms with van der Waals surface area (Å²) in [6.07, 6.45) is 1.01. The van der Waals surface area contributed by atoms with Crippen LogP contribution in [0.3, 0.4) is 0 Å². The van der Waals surface area contributed by atoms with Crippen molar-refractivity contribution in [1.82, 2.24) is 10.6 Å². The summed E-state index contributed by atoms with van der Waals surface area (Å²) in [7, 11) is 1.64. The van der Waals surface area contributed by atoms with E-state index in [4.69, 9.17) is 11.6 Å². The van der Waals surface area contributed by atoms with Gasteiger partial charge in [-0.15, -0.1) is 24.0 Å². The van der Waals surface area contributed by atoms with E-state index in [0.717, 1.165) is 5.69 Å². The van der Waals surface area contributed by atoms with Crippen LogP contribution < -0.4 is 16.0 Å². The minimum atomic E-state index is -0.255. The zero-order valence-corrected chi connectivity index (χ0v) is 18.1. The molecule has 0 saturated carbocycles. The summed E-state index contributed by atoms with van der Waals surface area (Å²) in [5, 5.41) is 9.59. The van der Waals surface area contributed by atoms with Gasteiger partial charge < -0.3 is 16.0 Å². The molecule has 0 spiro atoms. The van der Waals surface area contributed by atoms with Gasteiger partial charge in [-0.1, -0.05) is 29.8 Å². The van der Waals surface area contributed by atoms with Gasteiger partial charge in [-0.25, -0.2) is 4.39 Å². The fourth-order valence-electron chi connectivity index (χ4n) is 2.25. The SMILES string of the molecule is CN=C(NCCCC(=O)Nc1ccc(Cl)cc1)NCc1ccccc1F.I. The second-order valence-corrected chi connectivity index (χ2v) is 6.04. The van der Waals surface area contributed by atoms with Gasteiger partial charge in [-0.05, 0) is 36.8 Å². The zero-order valence-electron chi connectivity index (χ0n) is 15.0. The molecule has 2 rings (SSSR count). The first-order valence-corrected chi connectivity index (χ1v) is 8.69. The molecule has 146 valence electrons. The highest BCUT2D eigenvalue weighted by molar-refractivity contribution is 14.0. The molecule has 0 unspecified atom stereocenters. The number of nitrogens with zero attached hydrogens (tertiary/aromatic N) is 1. The van der Waals surface area contributed by atoms with Crippen molar-refractivity contribution in [1.29, 1.82) is 0 Å². The molecule has 0 aliphatic heterocycles. The van der Waals surface area contributed by atoms with Gasteiger partial charge in [0.2, 0.25) is 5.91 Å². The third-order valence-corrected chi connectivity index (χ3v) is 3.88. The van der Waals surface area contributed by atoms with E-state index >= 15 is 0 Å². The van der Waals surface area contributed by atoms with Crippen molar-refractivity contribution in [3.63, 3.8) is 0 Å². The number of hydrogen-bond donors (Lipinski definition) is 3. The number of guanidine groups is 1. The first-order valence-electron chi connectivity index (χ1n) is 8.32. The van der Waals surface area contributed by atoms with Crippen LogP contribution in [0.4, 0.5) is 10.1 Å². The average molecular weight is 505 g/mol. The predicted molar refractivity (Wildman–Crippen MR) is 119 cm³/mol. The third kappa shape index (κ3) is 8.57. The summed E-state index contributed by atoms with van der Waals surface area (Å²) in [5.74, 6) is 0.240. The lowest BCUT2D eigenvalue weighted by molar-refractivity contribution is -0.116. The lowest BCUT2D eigenvalue weighted by Crippen LogP contribution is -2.37. The minimum absolute atomic E-state index is 0. The van der Waals surface area contributed by atoms with Crippen LogP contribution in [0.2, 0.25) is 5.02 Å². The molecule has 3 N–H and O–H groups in total. The molecule has 27 heavy (non-hydrogen) atoms. The largest absolute Gasteiger partial charge is 0.356 e. The van der Waals surface area contributed by atoms with Gasteiger partial charge in [0, 0.05) is 42.8 Å². The Morgan fingerprint density at radius 3 is 2.48 bits per heavy atom. The highest BCUT2D eigenvalue weighted by atomic mass is 127. The Balaban J connectivity index is 0.00000364. The van der Waals surface area contributed by atoms with Gasteiger partial charge in [0.25, 0.3) is 0 Å². The Labute approximate surface area is 180 Å². The molecule has 2 aromatic rings. The van der Waals surface area contributed by atoms with Crippen LogP contribution in [0.5, 0.6) is 0 Å². The van der Waals surface area contributed by atoms with Crippen molar-refractivity contribution in [2.24, 2.45) is 4.99 Å². The highest BCUT2D eigenvalue weighted by Gasteiger charge is 2.04. The van der Waals surface area contributed by atoms with Crippen molar-refractivity contribution in [2.45, 2.75) is 19.4 Å². The standard InChI is InChI=1S/C19H22ClFN4O.HI/c1-22-19(24-13-14-5-2-3-6-17(14)21)23-12-4-7-18(26)25-16-10-8-15(20)9-11-16;/h2-3,5-6,8-11H,4,7,12-13H2,1H3,(H,25,26)(H2,22,23,24);1H. The Morgan fingerprint density at radius 1 is 1.11 bits per heavy atom. The molecule has 0 aliphatic carbocycles. The summed E-state index contributed by atoms with van der Waals surface area (Å²) in [6.45, 7) is 0.911. The molecule has 8 heteroatoms. The number of amides is 1. The topological polar surface area (TPSA) is 65.5 Å². The summed E-state index contributed by atoms with van der Waals surface area (Å²) >= 11 is 5.81. The van der Waals surface area contributed by atoms with E-state index < -0.39 is 0 Å². The van der Waals surface area contributed by atoms with Crippen molar-refractivity contribution < 1.29 is 9.18 Å². The monoisotopic (exact) mass is 504 g/mol. The van der Waals surface area contributed by atoms with E-state index in [0.29, 0.717) is 42.5 Å². The number of nitrogens with one attached hydrogen (secondary N) is 3. The average Bonchev–Trinajstić information content (AvgIpc) is 2.64. The first kappa shape index (κ1) is 23.2. The lowest BCUT2D eigenvalue weighted by atomic mass is 10.2. The van der Waals surface area contributed by atoms with Crippen LogP contribution >= 0.6 is 35.6 Å². The molecule has 0 aromatic heterocycles. The van der Waals surface area contributed by atoms with Gasteiger partial charge in [0.15, 0.2) is 5.96 Å². The molecule has 0 bridgehead atoms. The smallest absolute Gasteiger partial charge is 0.224 e. The molecule has 0 atom stereocenters. The van der Waals surface area contributed by atoms with E-state index in [1.807, 2.05) is 0 Å². The maximum Gasteiger partial charge on any atom is 0.224 e. The molecular weight excluding hydrogens is 482 g/mol. The number of rotatable bonds is 7. The number of carbonyl (C=O) groups excluding carboxylic acids is 1. The molecule has 5 nitrogen and oxygen atoms in total. The van der Waals surface area contributed by atoms with Gasteiger partial charge >= 0.3 is 0 Å². The van der Waals surface area contributed by atoms with E-state index in [1.54, 1.807) is 49.5 Å². The van der Waals surface area contributed by atoms with Crippen LogP contribution in [-0.4, -0.2) is 25.5 Å². The lowest BCUT2D eigenvalue weighted by Gasteiger charge is -2.12.